The van der Waals surface area contributed by atoms with Crippen molar-refractivity contribution in [3.8, 4) is 0 Å². The minimum absolute atomic E-state index is 0.241. The highest BCUT2D eigenvalue weighted by Crippen LogP contribution is 2.25. The summed E-state index contributed by atoms with van der Waals surface area (Å²) in [7, 11) is 0. The molecule has 0 N–H and O–H groups in total. The fourth-order valence-electron chi connectivity index (χ4n) is 1.79. The largest absolute Gasteiger partial charge is 0.371 e. The molecule has 2 atom stereocenters. The van der Waals surface area contributed by atoms with Crippen LogP contribution in [0.15, 0.2) is 30.3 Å². The van der Waals surface area contributed by atoms with Crippen molar-refractivity contribution in [3.63, 3.8) is 0 Å². The van der Waals surface area contributed by atoms with Crippen LogP contribution in [-0.4, -0.2) is 19.3 Å². The molecule has 1 aromatic rings. The average molecular weight is 220 g/mol. The highest BCUT2D eigenvalue weighted by atomic mass is 16.6. The molecular formula is C14H20O2. The smallest absolute Gasteiger partial charge is 0.104 e. The van der Waals surface area contributed by atoms with Gasteiger partial charge in [0, 0.05) is 0 Å². The van der Waals surface area contributed by atoms with Crippen LogP contribution in [0.3, 0.4) is 0 Å². The first-order valence-corrected chi connectivity index (χ1v) is 6.18. The zero-order chi connectivity index (χ0) is 11.2. The predicted molar refractivity (Wildman–Crippen MR) is 64.4 cm³/mol. The van der Waals surface area contributed by atoms with Gasteiger partial charge >= 0.3 is 0 Å². The van der Waals surface area contributed by atoms with Crippen LogP contribution in [0.2, 0.25) is 0 Å². The minimum atomic E-state index is 0.241. The summed E-state index contributed by atoms with van der Waals surface area (Å²) in [6, 6.07) is 10.5. The Kier molecular flexibility index (Phi) is 4.37. The van der Waals surface area contributed by atoms with E-state index >= 15 is 0 Å². The summed E-state index contributed by atoms with van der Waals surface area (Å²) in [6.45, 7) is 3.82. The van der Waals surface area contributed by atoms with Crippen LogP contribution < -0.4 is 0 Å². The van der Waals surface area contributed by atoms with Gasteiger partial charge < -0.3 is 9.47 Å². The maximum atomic E-state index is 5.93. The molecule has 2 unspecified atom stereocenters. The Hall–Kier alpha value is -0.860. The number of unbranched alkanes of at least 4 members (excludes halogenated alkanes) is 1. The van der Waals surface area contributed by atoms with Gasteiger partial charge in [0.05, 0.1) is 19.3 Å². The summed E-state index contributed by atoms with van der Waals surface area (Å²) in [5.41, 5.74) is 1.29. The molecule has 0 radical (unpaired) electrons. The SMILES string of the molecule is CCCCC(OCC1CO1)c1ccccc1. The highest BCUT2D eigenvalue weighted by Gasteiger charge is 2.24. The van der Waals surface area contributed by atoms with Crippen LogP contribution >= 0.6 is 0 Å². The minimum Gasteiger partial charge on any atom is -0.371 e. The number of ether oxygens (including phenoxy) is 2. The van der Waals surface area contributed by atoms with Crippen molar-refractivity contribution in [1.29, 1.82) is 0 Å². The molecule has 1 aromatic carbocycles. The molecule has 16 heavy (non-hydrogen) atoms. The van der Waals surface area contributed by atoms with Crippen LogP contribution in [0.5, 0.6) is 0 Å². The van der Waals surface area contributed by atoms with Gasteiger partial charge in [0.2, 0.25) is 0 Å². The van der Waals surface area contributed by atoms with E-state index in [1.54, 1.807) is 0 Å². The molecule has 1 aliphatic heterocycles. The Labute approximate surface area is 97.6 Å². The number of hydrogen-bond donors (Lipinski definition) is 0. The molecule has 0 aliphatic carbocycles. The molecule has 0 spiro atoms. The number of hydrogen-bond acceptors (Lipinski definition) is 2. The van der Waals surface area contributed by atoms with E-state index < -0.39 is 0 Å². The number of rotatable bonds is 7. The van der Waals surface area contributed by atoms with Crippen LogP contribution in [-0.2, 0) is 9.47 Å². The lowest BCUT2D eigenvalue weighted by molar-refractivity contribution is 0.0349. The Bertz CT molecular complexity index is 293. The first kappa shape index (κ1) is 11.6. The molecule has 2 heteroatoms. The highest BCUT2D eigenvalue weighted by molar-refractivity contribution is 5.17. The fourth-order valence-corrected chi connectivity index (χ4v) is 1.79. The van der Waals surface area contributed by atoms with E-state index in [4.69, 9.17) is 9.47 Å². The van der Waals surface area contributed by atoms with Gasteiger partial charge in [-0.25, -0.2) is 0 Å². The van der Waals surface area contributed by atoms with Gasteiger partial charge in [-0.3, -0.25) is 0 Å². The fraction of sp³-hybridized carbons (Fsp3) is 0.571. The van der Waals surface area contributed by atoms with Crippen LogP contribution in [0.25, 0.3) is 0 Å². The van der Waals surface area contributed by atoms with Crippen molar-refractivity contribution in [1.82, 2.24) is 0 Å². The predicted octanol–water partition coefficient (Wildman–Crippen LogP) is 3.33. The summed E-state index contributed by atoms with van der Waals surface area (Å²) in [5, 5.41) is 0. The van der Waals surface area contributed by atoms with E-state index in [1.807, 2.05) is 6.07 Å². The first-order chi connectivity index (χ1) is 7.90. The maximum Gasteiger partial charge on any atom is 0.104 e. The zero-order valence-electron chi connectivity index (χ0n) is 9.89. The molecule has 88 valence electrons. The van der Waals surface area contributed by atoms with Crippen LogP contribution in [0.1, 0.15) is 37.9 Å². The summed E-state index contributed by atoms with van der Waals surface area (Å²) in [6.07, 6.45) is 4.13. The standard InChI is InChI=1S/C14H20O2/c1-2-3-9-14(16-11-13-10-15-13)12-7-5-4-6-8-12/h4-8,13-14H,2-3,9-11H2,1H3. The third-order valence-corrected chi connectivity index (χ3v) is 2.88. The van der Waals surface area contributed by atoms with E-state index in [0.717, 1.165) is 19.6 Å². The van der Waals surface area contributed by atoms with E-state index in [1.165, 1.54) is 18.4 Å². The molecular weight excluding hydrogens is 200 g/mol. The summed E-state index contributed by atoms with van der Waals surface area (Å²) >= 11 is 0. The van der Waals surface area contributed by atoms with Gasteiger partial charge in [-0.05, 0) is 12.0 Å². The molecule has 1 heterocycles. The lowest BCUT2D eigenvalue weighted by Crippen LogP contribution is -2.09. The monoisotopic (exact) mass is 220 g/mol. The van der Waals surface area contributed by atoms with Gasteiger partial charge in [0.1, 0.15) is 6.10 Å². The topological polar surface area (TPSA) is 21.8 Å². The molecule has 2 nitrogen and oxygen atoms in total. The van der Waals surface area contributed by atoms with E-state index in [9.17, 15) is 0 Å². The molecule has 0 saturated carbocycles. The Morgan fingerprint density at radius 1 is 1.38 bits per heavy atom. The second-order valence-electron chi connectivity index (χ2n) is 4.33. The van der Waals surface area contributed by atoms with E-state index in [-0.39, 0.29) is 6.10 Å². The quantitative estimate of drug-likeness (QED) is 0.657. The van der Waals surface area contributed by atoms with Crippen molar-refractivity contribution >= 4 is 0 Å². The van der Waals surface area contributed by atoms with E-state index in [0.29, 0.717) is 6.10 Å². The molecule has 0 amide bonds. The summed E-state index contributed by atoms with van der Waals surface area (Å²) in [5.74, 6) is 0. The van der Waals surface area contributed by atoms with Gasteiger partial charge in [0.25, 0.3) is 0 Å². The normalized spacial score (nSPS) is 20.7. The second kappa shape index (κ2) is 6.02. The number of epoxide rings is 1. The second-order valence-corrected chi connectivity index (χ2v) is 4.33. The maximum absolute atomic E-state index is 5.93. The van der Waals surface area contributed by atoms with Gasteiger partial charge in [-0.2, -0.15) is 0 Å². The third-order valence-electron chi connectivity index (χ3n) is 2.88. The zero-order valence-corrected chi connectivity index (χ0v) is 9.89. The van der Waals surface area contributed by atoms with Gasteiger partial charge in [0.15, 0.2) is 0 Å². The lowest BCUT2D eigenvalue weighted by Gasteiger charge is -2.17. The van der Waals surface area contributed by atoms with Gasteiger partial charge in [-0.15, -0.1) is 0 Å². The number of benzene rings is 1. The summed E-state index contributed by atoms with van der Waals surface area (Å²) < 4.78 is 11.1. The molecule has 0 bridgehead atoms. The Balaban J connectivity index is 1.89. The van der Waals surface area contributed by atoms with Crippen LogP contribution in [0.4, 0.5) is 0 Å². The van der Waals surface area contributed by atoms with Crippen LogP contribution in [0, 0.1) is 0 Å². The third kappa shape index (κ3) is 3.62. The lowest BCUT2D eigenvalue weighted by atomic mass is 10.0. The average Bonchev–Trinajstić information content (AvgIpc) is 3.14. The van der Waals surface area contributed by atoms with Crippen molar-refractivity contribution < 1.29 is 9.47 Å². The van der Waals surface area contributed by atoms with Crippen molar-refractivity contribution in [2.45, 2.75) is 38.4 Å². The molecule has 2 rings (SSSR count). The molecule has 1 aliphatic rings. The first-order valence-electron chi connectivity index (χ1n) is 6.18. The van der Waals surface area contributed by atoms with Crippen molar-refractivity contribution in [3.05, 3.63) is 35.9 Å². The molecule has 1 fully saturated rings. The van der Waals surface area contributed by atoms with Crippen molar-refractivity contribution in [2.24, 2.45) is 0 Å². The Morgan fingerprint density at radius 2 is 2.12 bits per heavy atom. The van der Waals surface area contributed by atoms with Crippen molar-refractivity contribution in [2.75, 3.05) is 13.2 Å². The molecule has 1 saturated heterocycles. The van der Waals surface area contributed by atoms with Gasteiger partial charge in [-0.1, -0.05) is 50.1 Å². The van der Waals surface area contributed by atoms with E-state index in [2.05, 4.69) is 31.2 Å². The Morgan fingerprint density at radius 3 is 2.75 bits per heavy atom. The summed E-state index contributed by atoms with van der Waals surface area (Å²) in [4.78, 5) is 0. The molecule has 0 aromatic heterocycles.